The predicted molar refractivity (Wildman–Crippen MR) is 475 cm³/mol. The lowest BCUT2D eigenvalue weighted by atomic mass is 10.1. The first-order chi connectivity index (χ1) is 59.2. The molecule has 4 aliphatic heterocycles. The van der Waals surface area contributed by atoms with Gasteiger partial charge in [0.1, 0.15) is 81.8 Å². The van der Waals surface area contributed by atoms with E-state index in [2.05, 4.69) is 84.6 Å². The molecule has 37 nitrogen and oxygen atoms in total. The molecule has 4 saturated heterocycles. The van der Waals surface area contributed by atoms with Crippen molar-refractivity contribution in [1.82, 2.24) is 77.0 Å². The average Bonchev–Trinajstić information content (AvgIpc) is 0.910. The molecule has 0 unspecified atom stereocenters. The van der Waals surface area contributed by atoms with Gasteiger partial charge in [-0.25, -0.2) is 87.0 Å². The molecular formula is C79H90Cl2F4N24O13S4. The van der Waals surface area contributed by atoms with E-state index in [4.69, 9.17) is 42.5 Å². The van der Waals surface area contributed by atoms with Gasteiger partial charge in [-0.2, -0.15) is 50.9 Å². The van der Waals surface area contributed by atoms with E-state index in [9.17, 15) is 60.8 Å². The van der Waals surface area contributed by atoms with Gasteiger partial charge in [-0.05, 0) is 214 Å². The summed E-state index contributed by atoms with van der Waals surface area (Å²) in [6, 6.07) is 29.3. The zero-order valence-electron chi connectivity index (χ0n) is 68.8. The Hall–Kier alpha value is -11.9. The Bertz CT molecular complexity index is 6240. The molecular weight excluding hydrogens is 1770 g/mol. The molecule has 8 aromatic heterocycles. The van der Waals surface area contributed by atoms with Gasteiger partial charge in [0, 0.05) is 98.1 Å². The smallest absolute Gasteiger partial charge is 0.413 e. The lowest BCUT2D eigenvalue weighted by molar-refractivity contribution is 0.0624. The number of nitrogens with two attached hydrogens (primary N) is 3. The molecule has 4 aliphatic rings. The van der Waals surface area contributed by atoms with Crippen LogP contribution < -0.4 is 42.0 Å². The van der Waals surface area contributed by atoms with Crippen LogP contribution in [-0.2, 0) is 49.3 Å². The summed E-state index contributed by atoms with van der Waals surface area (Å²) in [6.45, 7) is 14.4. The third kappa shape index (κ3) is 26.4. The molecule has 0 atom stereocenters. The first-order valence-electron chi connectivity index (χ1n) is 38.6. The van der Waals surface area contributed by atoms with Crippen LogP contribution in [0.3, 0.4) is 0 Å². The summed E-state index contributed by atoms with van der Waals surface area (Å²) in [5.41, 5.74) is 23.6. The van der Waals surface area contributed by atoms with Gasteiger partial charge in [-0.1, -0.05) is 0 Å². The van der Waals surface area contributed by atoms with Crippen molar-refractivity contribution in [2.24, 2.45) is 0 Å². The molecule has 0 saturated carbocycles. The number of nitrogens with zero attached hydrogens (tertiary/aromatic N) is 16. The number of nitrogens with one attached hydrogen (secondary N) is 5. The number of pyridine rings is 4. The van der Waals surface area contributed by atoms with Crippen molar-refractivity contribution < 1.29 is 75.4 Å². The minimum atomic E-state index is -3.78. The quantitative estimate of drug-likeness (QED) is 0.0246. The fraction of sp³-hybridized carbons (Fsp3) is 0.316. The maximum absolute atomic E-state index is 14.4. The first kappa shape index (κ1) is 96.3. The van der Waals surface area contributed by atoms with Crippen molar-refractivity contribution >= 4 is 165 Å². The summed E-state index contributed by atoms with van der Waals surface area (Å²) >= 11 is 0. The van der Waals surface area contributed by atoms with Gasteiger partial charge in [0.2, 0.25) is 0 Å². The average molecular weight is 1860 g/mol. The van der Waals surface area contributed by atoms with Crippen molar-refractivity contribution in [1.29, 1.82) is 0 Å². The number of carbonyl (C=O) groups excluding carboxylic acids is 2. The number of aliphatic hydroxyl groups excluding tert-OH is 1. The van der Waals surface area contributed by atoms with Crippen molar-refractivity contribution in [3.63, 3.8) is 0 Å². The minimum Gasteiger partial charge on any atom is -0.444 e. The maximum Gasteiger partial charge on any atom is 0.413 e. The number of nitrogen functional groups attached to an aromatic ring is 3. The highest BCUT2D eigenvalue weighted by molar-refractivity contribution is 8.11. The number of fused-ring (bicyclic) bond motifs is 4. The molecule has 0 bridgehead atoms. The van der Waals surface area contributed by atoms with Crippen molar-refractivity contribution in [3.8, 4) is 45.0 Å². The Balaban J connectivity index is 0.000000169. The van der Waals surface area contributed by atoms with E-state index in [1.807, 2.05) is 0 Å². The minimum absolute atomic E-state index is 0. The van der Waals surface area contributed by atoms with Gasteiger partial charge >= 0.3 is 42.8 Å². The summed E-state index contributed by atoms with van der Waals surface area (Å²) in [7, 11) is -8.57. The number of halogens is 6. The highest BCUT2D eigenvalue weighted by atomic mass is 35.7. The lowest BCUT2D eigenvalue weighted by Gasteiger charge is -2.19. The third-order valence-corrected chi connectivity index (χ3v) is 24.5. The number of aliphatic hydroxyl groups is 1. The lowest BCUT2D eigenvalue weighted by Crippen LogP contribution is -2.33. The Kier molecular flexibility index (Phi) is 31.7. The van der Waals surface area contributed by atoms with Crippen LogP contribution in [0.5, 0.6) is 0 Å². The molecule has 0 radical (unpaired) electrons. The topological polar surface area (TPSA) is 515 Å². The van der Waals surface area contributed by atoms with Gasteiger partial charge in [0.05, 0.1) is 61.9 Å². The van der Waals surface area contributed by atoms with E-state index >= 15 is 0 Å². The van der Waals surface area contributed by atoms with E-state index in [0.717, 1.165) is 76.7 Å². The van der Waals surface area contributed by atoms with Gasteiger partial charge in [0.25, 0.3) is 9.24 Å². The number of aromatic nitrogens is 12. The molecule has 12 heterocycles. The number of anilines is 8. The van der Waals surface area contributed by atoms with Gasteiger partial charge in [-0.15, -0.1) is 12.4 Å². The molecule has 16 rings (SSSR count). The van der Waals surface area contributed by atoms with Crippen molar-refractivity contribution in [3.05, 3.63) is 170 Å². The Morgan fingerprint density at radius 1 is 0.381 bits per heavy atom. The molecule has 4 fully saturated rings. The van der Waals surface area contributed by atoms with E-state index in [1.54, 1.807) is 96.1 Å². The van der Waals surface area contributed by atoms with E-state index in [1.165, 1.54) is 91.1 Å². The summed E-state index contributed by atoms with van der Waals surface area (Å²) in [5.74, 6) is -1.48. The fourth-order valence-electron chi connectivity index (χ4n) is 12.9. The van der Waals surface area contributed by atoms with Crippen LogP contribution in [0.1, 0.15) is 92.9 Å². The first-order valence-corrected chi connectivity index (χ1v) is 45.2. The second kappa shape index (κ2) is 41.5. The van der Waals surface area contributed by atoms with Crippen LogP contribution in [0.25, 0.3) is 89.2 Å². The number of carbonyl (C=O) groups is 2. The van der Waals surface area contributed by atoms with Crippen LogP contribution in [0.4, 0.5) is 73.2 Å². The SMILES string of the molecule is CC(C)(C)OC(=O)Nc1ncnc2ccc(-c3cc(F)cc(NS(=O)(=O)N4CCCC4)c3)nc12.CC(C)(C)OC(=O)Nc1ncnc2ccc(-c3cc(N)cc(F)c3)nc12.CO.Cl.Nc1ncnc2ccc(-c3cc(F)cc(NS(=O)(=O)N4CCCC4)c3)nc12.Nc1ncnc2ccc(-c3cc(F)cc(NS(=O)(=O)N4CCCC4)c3)nc12.O=S(=O)(Cl)N1CCCC1. The number of benzene rings is 4. The third-order valence-electron chi connectivity index (χ3n) is 18.3. The molecule has 670 valence electrons. The Morgan fingerprint density at radius 3 is 0.921 bits per heavy atom. The van der Waals surface area contributed by atoms with E-state index < -0.39 is 86.5 Å². The van der Waals surface area contributed by atoms with Crippen LogP contribution in [0.15, 0.2) is 147 Å². The van der Waals surface area contributed by atoms with Crippen LogP contribution in [0, 0.1) is 23.3 Å². The van der Waals surface area contributed by atoms with Gasteiger partial charge < -0.3 is 31.8 Å². The second-order valence-electron chi connectivity index (χ2n) is 30.1. The molecule has 2 amide bonds. The van der Waals surface area contributed by atoms with Gasteiger partial charge in [-0.3, -0.25) is 24.8 Å². The van der Waals surface area contributed by atoms with Crippen molar-refractivity contribution in [2.75, 3.05) is 101 Å². The zero-order valence-corrected chi connectivity index (χ0v) is 73.7. The highest BCUT2D eigenvalue weighted by Crippen LogP contribution is 2.34. The number of rotatable bonds is 16. The largest absolute Gasteiger partial charge is 0.444 e. The number of ether oxygens (including phenoxy) is 2. The van der Waals surface area contributed by atoms with E-state index in [-0.39, 0.29) is 58.3 Å². The maximum atomic E-state index is 14.4. The molecule has 12 N–H and O–H groups in total. The van der Waals surface area contributed by atoms with Crippen molar-refractivity contribution in [2.45, 2.75) is 104 Å². The normalized spacial score (nSPS) is 14.6. The number of hydrogen-bond acceptors (Lipinski definition) is 28. The Labute approximate surface area is 733 Å². The van der Waals surface area contributed by atoms with Crippen LogP contribution >= 0.6 is 23.1 Å². The Morgan fingerprint density at radius 2 is 0.643 bits per heavy atom. The monoisotopic (exact) mass is 1860 g/mol. The van der Waals surface area contributed by atoms with Gasteiger partial charge in [0.15, 0.2) is 23.3 Å². The second-order valence-corrected chi connectivity index (χ2v) is 37.6. The highest BCUT2D eigenvalue weighted by Gasteiger charge is 2.30. The van der Waals surface area contributed by atoms with E-state index in [0.29, 0.717) is 142 Å². The predicted octanol–water partition coefficient (Wildman–Crippen LogP) is 12.6. The summed E-state index contributed by atoms with van der Waals surface area (Å²) in [5, 5.41) is 12.1. The summed E-state index contributed by atoms with van der Waals surface area (Å²) < 4.78 is 175. The molecule has 126 heavy (non-hydrogen) atoms. The summed E-state index contributed by atoms with van der Waals surface area (Å²) in [4.78, 5) is 74.4. The molecule has 0 spiro atoms. The number of amides is 2. The standard InChI is InChI=1S/C22H25FN6O4S.C18H18FN5O2.2C17H17FN6O2S.C4H8ClNO2S.CH4O.ClH/c1-22(2,3)33-21(30)27-20-19-18(24-13-25-20)7-6-17(26-19)14-10-15(23)12-16(11-14)28-34(31,32)29-8-4-5-9-29;1-18(2,3)26-17(25)24-16-15-14(21-9-22-16)5-4-13(23-15)10-6-11(19)8-12(20)7-10;2*18-12-7-11(14-3-4-15-16(22-14)17(19)21-10-20-15)8-13(9-12)23-27(25,26)24-5-1-2-6-24;5-9(7,8)6-3-1-2-4-6;1-2;/h6-7,10-13,28H,4-5,8-9H2,1-3H3,(H,24,25,27,30);4-9H,20H2,1-3H3,(H,21,22,24,25);2*3-4,7-10,23H,1-2,5-6H2,(H2,19,20,21);1-4H2;2H,1H3;1H. The molecule has 12 aromatic rings. The van der Waals surface area contributed by atoms with Crippen LogP contribution in [0.2, 0.25) is 0 Å². The fourth-order valence-corrected chi connectivity index (χ4v) is 17.9. The summed E-state index contributed by atoms with van der Waals surface area (Å²) in [6.07, 6.45) is 10.6. The zero-order chi connectivity index (χ0) is 90.3. The number of hydrogen-bond donors (Lipinski definition) is 9. The molecule has 4 aromatic carbocycles. The molecule has 0 aliphatic carbocycles. The molecule has 47 heteroatoms. The van der Waals surface area contributed by atoms with Crippen LogP contribution in [-0.4, -0.2) is 199 Å².